The lowest BCUT2D eigenvalue weighted by Crippen LogP contribution is -2.49. The smallest absolute Gasteiger partial charge is 0.355 e. The number of aromatic nitrogens is 1. The van der Waals surface area contributed by atoms with Crippen LogP contribution in [-0.4, -0.2) is 52.0 Å². The fourth-order valence-electron chi connectivity index (χ4n) is 3.63. The minimum Gasteiger partial charge on any atom is -0.494 e. The predicted molar refractivity (Wildman–Crippen MR) is 123 cm³/mol. The van der Waals surface area contributed by atoms with Gasteiger partial charge in [0, 0.05) is 11.8 Å². The van der Waals surface area contributed by atoms with Gasteiger partial charge in [0.25, 0.3) is 5.91 Å². The first kappa shape index (κ1) is 23.8. The highest BCUT2D eigenvalue weighted by molar-refractivity contribution is 7.14. The standard InChI is InChI=1S/C23H19FN4O6S/c1-34-17-8-7-13(10-14(17)24)18-20(30)28(23(33)26-18)16(9-12-5-3-2-4-6-12)19(29)27-22-25-15(11-35-22)21(31)32/h2-8,10-11,16,18H,9H2,1H3,(H,26,33)(H,31,32)(H,25,27,29). The average molecular weight is 498 g/mol. The number of hydrogen-bond donors (Lipinski definition) is 3. The molecule has 1 aromatic heterocycles. The number of thiazole rings is 1. The summed E-state index contributed by atoms with van der Waals surface area (Å²) in [5.41, 5.74) is 0.619. The van der Waals surface area contributed by atoms with Crippen LogP contribution in [0.4, 0.5) is 14.3 Å². The van der Waals surface area contributed by atoms with Crippen LogP contribution in [0.5, 0.6) is 5.75 Å². The Morgan fingerprint density at radius 2 is 2.00 bits per heavy atom. The molecule has 3 aromatic rings. The first-order valence-corrected chi connectivity index (χ1v) is 11.2. The Kier molecular flexibility index (Phi) is 6.73. The molecule has 0 saturated carbocycles. The van der Waals surface area contributed by atoms with Crippen LogP contribution in [0.25, 0.3) is 0 Å². The highest BCUT2D eigenvalue weighted by Gasteiger charge is 2.45. The number of imide groups is 1. The molecule has 2 unspecified atom stereocenters. The van der Waals surface area contributed by atoms with Crippen molar-refractivity contribution in [3.05, 3.63) is 76.5 Å². The molecule has 1 aliphatic rings. The molecule has 0 bridgehead atoms. The second kappa shape index (κ2) is 9.89. The van der Waals surface area contributed by atoms with E-state index in [1.54, 1.807) is 30.3 Å². The van der Waals surface area contributed by atoms with Crippen molar-refractivity contribution in [3.8, 4) is 5.75 Å². The van der Waals surface area contributed by atoms with E-state index in [2.05, 4.69) is 15.6 Å². The van der Waals surface area contributed by atoms with Crippen molar-refractivity contribution in [1.29, 1.82) is 0 Å². The van der Waals surface area contributed by atoms with Crippen LogP contribution in [0, 0.1) is 5.82 Å². The molecule has 35 heavy (non-hydrogen) atoms. The second-order valence-corrected chi connectivity index (χ2v) is 8.38. The number of amides is 4. The van der Waals surface area contributed by atoms with Crippen molar-refractivity contribution in [1.82, 2.24) is 15.2 Å². The molecule has 1 saturated heterocycles. The molecule has 12 heteroatoms. The zero-order valence-electron chi connectivity index (χ0n) is 18.2. The van der Waals surface area contributed by atoms with E-state index in [1.165, 1.54) is 24.6 Å². The fraction of sp³-hybridized carbons (Fsp3) is 0.174. The summed E-state index contributed by atoms with van der Waals surface area (Å²) >= 11 is 0.895. The number of ether oxygens (including phenoxy) is 1. The summed E-state index contributed by atoms with van der Waals surface area (Å²) in [6.07, 6.45) is -0.00725. The molecule has 2 heterocycles. The third kappa shape index (κ3) is 4.96. The molecule has 1 fully saturated rings. The average Bonchev–Trinajstić information content (AvgIpc) is 3.42. The van der Waals surface area contributed by atoms with Crippen LogP contribution in [0.2, 0.25) is 0 Å². The maximum atomic E-state index is 14.2. The van der Waals surface area contributed by atoms with E-state index >= 15 is 0 Å². The topological polar surface area (TPSA) is 138 Å². The van der Waals surface area contributed by atoms with Gasteiger partial charge in [-0.2, -0.15) is 0 Å². The SMILES string of the molecule is COc1ccc(C2NC(=O)N(C(Cc3ccccc3)C(=O)Nc3nc(C(=O)O)cs3)C2=O)cc1F. The van der Waals surface area contributed by atoms with Gasteiger partial charge in [0.2, 0.25) is 5.91 Å². The normalized spacial score (nSPS) is 16.1. The quantitative estimate of drug-likeness (QED) is 0.406. The van der Waals surface area contributed by atoms with Crippen LogP contribution >= 0.6 is 11.3 Å². The van der Waals surface area contributed by atoms with Crippen molar-refractivity contribution in [2.75, 3.05) is 12.4 Å². The molecule has 180 valence electrons. The van der Waals surface area contributed by atoms with Gasteiger partial charge < -0.3 is 20.5 Å². The first-order chi connectivity index (χ1) is 16.8. The van der Waals surface area contributed by atoms with E-state index in [0.717, 1.165) is 22.3 Å². The number of carbonyl (C=O) groups excluding carboxylic acids is 3. The summed E-state index contributed by atoms with van der Waals surface area (Å²) in [6.45, 7) is 0. The molecular weight excluding hydrogens is 479 g/mol. The van der Waals surface area contributed by atoms with Gasteiger partial charge in [-0.3, -0.25) is 9.59 Å². The summed E-state index contributed by atoms with van der Waals surface area (Å²) in [5.74, 6) is -3.45. The molecule has 2 aromatic carbocycles. The Morgan fingerprint density at radius 3 is 2.63 bits per heavy atom. The number of carbonyl (C=O) groups is 4. The van der Waals surface area contributed by atoms with Crippen LogP contribution in [-0.2, 0) is 16.0 Å². The Morgan fingerprint density at radius 1 is 1.26 bits per heavy atom. The monoisotopic (exact) mass is 498 g/mol. The zero-order chi connectivity index (χ0) is 25.1. The molecule has 10 nitrogen and oxygen atoms in total. The molecule has 4 amide bonds. The fourth-order valence-corrected chi connectivity index (χ4v) is 4.32. The van der Waals surface area contributed by atoms with Gasteiger partial charge in [-0.05, 0) is 23.3 Å². The predicted octanol–water partition coefficient (Wildman–Crippen LogP) is 2.83. The number of nitrogens with zero attached hydrogens (tertiary/aromatic N) is 2. The lowest BCUT2D eigenvalue weighted by molar-refractivity contribution is -0.134. The Balaban J connectivity index is 1.63. The maximum Gasteiger partial charge on any atom is 0.355 e. The van der Waals surface area contributed by atoms with E-state index in [1.807, 2.05) is 0 Å². The maximum absolute atomic E-state index is 14.2. The molecule has 4 rings (SSSR count). The molecule has 0 radical (unpaired) electrons. The first-order valence-electron chi connectivity index (χ1n) is 10.3. The molecule has 2 atom stereocenters. The number of rotatable bonds is 8. The summed E-state index contributed by atoms with van der Waals surface area (Å²) in [6, 6.07) is 9.32. The summed E-state index contributed by atoms with van der Waals surface area (Å²) in [5, 5.41) is 15.3. The van der Waals surface area contributed by atoms with Crippen LogP contribution in [0.3, 0.4) is 0 Å². The van der Waals surface area contributed by atoms with Crippen molar-refractivity contribution in [2.45, 2.75) is 18.5 Å². The molecule has 0 aliphatic carbocycles. The van der Waals surface area contributed by atoms with Gasteiger partial charge >= 0.3 is 12.0 Å². The summed E-state index contributed by atoms with van der Waals surface area (Å²) < 4.78 is 19.1. The number of urea groups is 1. The van der Waals surface area contributed by atoms with Gasteiger partial charge in [0.1, 0.15) is 12.1 Å². The third-order valence-corrected chi connectivity index (χ3v) is 6.08. The second-order valence-electron chi connectivity index (χ2n) is 7.52. The van der Waals surface area contributed by atoms with E-state index in [0.29, 0.717) is 5.56 Å². The summed E-state index contributed by atoms with van der Waals surface area (Å²) in [7, 11) is 1.30. The molecule has 0 spiro atoms. The Hall–Kier alpha value is -4.32. The number of carboxylic acid groups (broad SMARTS) is 1. The van der Waals surface area contributed by atoms with E-state index in [9.17, 15) is 23.6 Å². The number of benzene rings is 2. The van der Waals surface area contributed by atoms with Crippen LogP contribution < -0.4 is 15.4 Å². The highest BCUT2D eigenvalue weighted by Crippen LogP contribution is 2.29. The zero-order valence-corrected chi connectivity index (χ0v) is 19.0. The Labute approximate surface area is 202 Å². The largest absolute Gasteiger partial charge is 0.494 e. The van der Waals surface area contributed by atoms with Gasteiger partial charge in [0.15, 0.2) is 22.4 Å². The third-order valence-electron chi connectivity index (χ3n) is 5.32. The number of methoxy groups -OCH3 is 1. The molecular formula is C23H19FN4O6S. The number of carboxylic acids is 1. The Bertz CT molecular complexity index is 1300. The minimum absolute atomic E-state index is 0.00583. The number of hydrogen-bond acceptors (Lipinski definition) is 7. The number of aromatic carboxylic acids is 1. The van der Waals surface area contributed by atoms with Crippen molar-refractivity contribution in [3.63, 3.8) is 0 Å². The number of halogens is 1. The van der Waals surface area contributed by atoms with Gasteiger partial charge in [-0.15, -0.1) is 11.3 Å². The van der Waals surface area contributed by atoms with E-state index in [-0.39, 0.29) is 28.6 Å². The number of nitrogens with one attached hydrogen (secondary N) is 2. The van der Waals surface area contributed by atoms with Gasteiger partial charge in [-0.1, -0.05) is 36.4 Å². The number of anilines is 1. The molecule has 1 aliphatic heterocycles. The van der Waals surface area contributed by atoms with E-state index in [4.69, 9.17) is 9.84 Å². The van der Waals surface area contributed by atoms with Gasteiger partial charge in [-0.25, -0.2) is 23.9 Å². The molecule has 3 N–H and O–H groups in total. The van der Waals surface area contributed by atoms with Crippen molar-refractivity contribution < 1.29 is 33.4 Å². The van der Waals surface area contributed by atoms with Crippen LogP contribution in [0.1, 0.15) is 27.7 Å². The summed E-state index contributed by atoms with van der Waals surface area (Å²) in [4.78, 5) is 55.1. The van der Waals surface area contributed by atoms with E-state index < -0.39 is 41.7 Å². The lowest BCUT2D eigenvalue weighted by Gasteiger charge is -2.24. The van der Waals surface area contributed by atoms with Crippen molar-refractivity contribution >= 4 is 40.3 Å². The lowest BCUT2D eigenvalue weighted by atomic mass is 10.0. The highest BCUT2D eigenvalue weighted by atomic mass is 32.1. The minimum atomic E-state index is -1.28. The van der Waals surface area contributed by atoms with Crippen LogP contribution in [0.15, 0.2) is 53.9 Å². The van der Waals surface area contributed by atoms with Gasteiger partial charge in [0.05, 0.1) is 7.11 Å². The van der Waals surface area contributed by atoms with Crippen molar-refractivity contribution in [2.24, 2.45) is 0 Å².